The molecule has 0 spiro atoms. The summed E-state index contributed by atoms with van der Waals surface area (Å²) < 4.78 is 0. The van der Waals surface area contributed by atoms with Crippen LogP contribution in [-0.4, -0.2) is 24.5 Å². The molecule has 0 aliphatic rings. The Morgan fingerprint density at radius 3 is 2.00 bits per heavy atom. The van der Waals surface area contributed by atoms with Crippen LogP contribution >= 0.6 is 0 Å². The lowest BCUT2D eigenvalue weighted by Crippen LogP contribution is -2.43. The maximum atomic E-state index is 12.2. The van der Waals surface area contributed by atoms with Gasteiger partial charge in [0.15, 0.2) is 0 Å². The molecule has 0 saturated carbocycles. The molecule has 0 radical (unpaired) electrons. The fourth-order valence-corrected chi connectivity index (χ4v) is 3.16. The van der Waals surface area contributed by atoms with Gasteiger partial charge < -0.3 is 10.6 Å². The van der Waals surface area contributed by atoms with Gasteiger partial charge in [-0.1, -0.05) is 41.5 Å². The Kier molecular flexibility index (Phi) is 8.83. The molecule has 138 valence electrons. The quantitative estimate of drug-likeness (QED) is 0.568. The predicted molar refractivity (Wildman–Crippen MR) is 102 cm³/mol. The third-order valence-electron chi connectivity index (χ3n) is 3.97. The summed E-state index contributed by atoms with van der Waals surface area (Å²) in [7, 11) is 0. The molecule has 0 aromatic carbocycles. The second-order valence-electron chi connectivity index (χ2n) is 10.2. The van der Waals surface area contributed by atoms with Crippen molar-refractivity contribution in [3.05, 3.63) is 0 Å². The second-order valence-corrected chi connectivity index (χ2v) is 10.2. The summed E-state index contributed by atoms with van der Waals surface area (Å²) in [5.74, 6) is 0.901. The lowest BCUT2D eigenvalue weighted by molar-refractivity contribution is -0.123. The minimum absolute atomic E-state index is 0.0190. The maximum Gasteiger partial charge on any atom is 0.220 e. The topological polar surface area (TPSA) is 41.1 Å². The van der Waals surface area contributed by atoms with E-state index in [2.05, 4.69) is 72.9 Å². The molecule has 0 fully saturated rings. The van der Waals surface area contributed by atoms with Gasteiger partial charge in [-0.05, 0) is 56.8 Å². The predicted octanol–water partition coefficient (Wildman–Crippen LogP) is 4.76. The summed E-state index contributed by atoms with van der Waals surface area (Å²) >= 11 is 0. The standard InChI is InChI=1S/C20H42N2O/c1-16(2)11-10-12-21-17(23)13-19(6,7)14-20(8,9)15-22-18(3,4)5/h16,22H,10-15H2,1-9H3,(H,21,23). The van der Waals surface area contributed by atoms with Gasteiger partial charge in [0.1, 0.15) is 0 Å². The van der Waals surface area contributed by atoms with Crippen molar-refractivity contribution in [2.24, 2.45) is 16.7 Å². The van der Waals surface area contributed by atoms with Crippen molar-refractivity contribution in [3.8, 4) is 0 Å². The lowest BCUT2D eigenvalue weighted by atomic mass is 9.73. The van der Waals surface area contributed by atoms with E-state index in [1.54, 1.807) is 0 Å². The zero-order chi connectivity index (χ0) is 18.3. The number of carbonyl (C=O) groups excluding carboxylic acids is 1. The molecule has 1 amide bonds. The van der Waals surface area contributed by atoms with Crippen LogP contribution in [0.15, 0.2) is 0 Å². The second kappa shape index (κ2) is 9.05. The van der Waals surface area contributed by atoms with Crippen LogP contribution in [0, 0.1) is 16.7 Å². The van der Waals surface area contributed by atoms with E-state index in [0.29, 0.717) is 12.3 Å². The number of hydrogen-bond donors (Lipinski definition) is 2. The average Bonchev–Trinajstić information content (AvgIpc) is 2.29. The molecule has 3 heteroatoms. The highest BCUT2D eigenvalue weighted by molar-refractivity contribution is 5.76. The van der Waals surface area contributed by atoms with E-state index < -0.39 is 0 Å². The smallest absolute Gasteiger partial charge is 0.220 e. The number of hydrogen-bond acceptors (Lipinski definition) is 2. The Bertz CT molecular complexity index is 351. The van der Waals surface area contributed by atoms with E-state index in [-0.39, 0.29) is 22.3 Å². The largest absolute Gasteiger partial charge is 0.356 e. The van der Waals surface area contributed by atoms with Crippen LogP contribution in [0.4, 0.5) is 0 Å². The fraction of sp³-hybridized carbons (Fsp3) is 0.950. The molecule has 0 aromatic heterocycles. The minimum Gasteiger partial charge on any atom is -0.356 e. The summed E-state index contributed by atoms with van der Waals surface area (Å²) in [6.07, 6.45) is 3.89. The Labute approximate surface area is 145 Å². The van der Waals surface area contributed by atoms with Gasteiger partial charge in [-0.2, -0.15) is 0 Å². The number of carbonyl (C=O) groups is 1. The first-order valence-electron chi connectivity index (χ1n) is 9.24. The third kappa shape index (κ3) is 13.6. The Morgan fingerprint density at radius 1 is 0.957 bits per heavy atom. The normalized spacial score (nSPS) is 13.5. The van der Waals surface area contributed by atoms with Crippen molar-refractivity contribution < 1.29 is 4.79 Å². The molecular formula is C20H42N2O. The average molecular weight is 327 g/mol. The van der Waals surface area contributed by atoms with Crippen molar-refractivity contribution >= 4 is 5.91 Å². The first kappa shape index (κ1) is 22.4. The van der Waals surface area contributed by atoms with Crippen LogP contribution in [0.2, 0.25) is 0 Å². The van der Waals surface area contributed by atoms with E-state index >= 15 is 0 Å². The molecule has 0 atom stereocenters. The first-order chi connectivity index (χ1) is 10.2. The van der Waals surface area contributed by atoms with Crippen molar-refractivity contribution in [1.29, 1.82) is 0 Å². The summed E-state index contributed by atoms with van der Waals surface area (Å²) in [6.45, 7) is 21.8. The Morgan fingerprint density at radius 2 is 1.52 bits per heavy atom. The van der Waals surface area contributed by atoms with Gasteiger partial charge in [0, 0.05) is 25.0 Å². The molecule has 0 aromatic rings. The van der Waals surface area contributed by atoms with Crippen molar-refractivity contribution in [1.82, 2.24) is 10.6 Å². The molecule has 0 bridgehead atoms. The van der Waals surface area contributed by atoms with Crippen LogP contribution in [0.25, 0.3) is 0 Å². The van der Waals surface area contributed by atoms with E-state index in [1.165, 1.54) is 6.42 Å². The van der Waals surface area contributed by atoms with Gasteiger partial charge in [-0.25, -0.2) is 0 Å². The Hall–Kier alpha value is -0.570. The zero-order valence-electron chi connectivity index (χ0n) is 17.2. The van der Waals surface area contributed by atoms with Crippen molar-refractivity contribution in [2.75, 3.05) is 13.1 Å². The van der Waals surface area contributed by atoms with Crippen LogP contribution in [-0.2, 0) is 4.79 Å². The minimum atomic E-state index is 0.0190. The van der Waals surface area contributed by atoms with Crippen LogP contribution in [0.3, 0.4) is 0 Å². The molecule has 23 heavy (non-hydrogen) atoms. The van der Waals surface area contributed by atoms with E-state index in [4.69, 9.17) is 0 Å². The van der Waals surface area contributed by atoms with Gasteiger partial charge in [0.25, 0.3) is 0 Å². The molecule has 0 aliphatic carbocycles. The van der Waals surface area contributed by atoms with Gasteiger partial charge in [-0.3, -0.25) is 4.79 Å². The number of amides is 1. The molecule has 0 aliphatic heterocycles. The Balaban J connectivity index is 4.26. The third-order valence-corrected chi connectivity index (χ3v) is 3.97. The van der Waals surface area contributed by atoms with Gasteiger partial charge in [0.05, 0.1) is 0 Å². The highest BCUT2D eigenvalue weighted by Crippen LogP contribution is 2.36. The molecule has 0 saturated heterocycles. The molecular weight excluding hydrogens is 284 g/mol. The first-order valence-corrected chi connectivity index (χ1v) is 9.24. The summed E-state index contributed by atoms with van der Waals surface area (Å²) in [6, 6.07) is 0. The SMILES string of the molecule is CC(C)CCCNC(=O)CC(C)(C)CC(C)(C)CNC(C)(C)C. The number of nitrogens with one attached hydrogen (secondary N) is 2. The highest BCUT2D eigenvalue weighted by Gasteiger charge is 2.31. The summed E-state index contributed by atoms with van der Waals surface area (Å²) in [5.41, 5.74) is 0.328. The van der Waals surface area contributed by atoms with E-state index in [0.717, 1.165) is 25.9 Å². The number of rotatable bonds is 10. The zero-order valence-corrected chi connectivity index (χ0v) is 17.2. The van der Waals surface area contributed by atoms with Gasteiger partial charge in [0.2, 0.25) is 5.91 Å². The van der Waals surface area contributed by atoms with E-state index in [1.807, 2.05) is 0 Å². The fourth-order valence-electron chi connectivity index (χ4n) is 3.16. The molecule has 0 unspecified atom stereocenters. The summed E-state index contributed by atoms with van der Waals surface area (Å²) in [4.78, 5) is 12.2. The lowest BCUT2D eigenvalue weighted by Gasteiger charge is -2.37. The maximum absolute atomic E-state index is 12.2. The van der Waals surface area contributed by atoms with Crippen molar-refractivity contribution in [3.63, 3.8) is 0 Å². The van der Waals surface area contributed by atoms with Crippen molar-refractivity contribution in [2.45, 2.75) is 93.5 Å². The summed E-state index contributed by atoms with van der Waals surface area (Å²) in [5, 5.41) is 6.67. The molecule has 3 nitrogen and oxygen atoms in total. The van der Waals surface area contributed by atoms with Gasteiger partial charge in [-0.15, -0.1) is 0 Å². The molecule has 0 rings (SSSR count). The van der Waals surface area contributed by atoms with Gasteiger partial charge >= 0.3 is 0 Å². The highest BCUT2D eigenvalue weighted by atomic mass is 16.1. The van der Waals surface area contributed by atoms with E-state index in [9.17, 15) is 4.79 Å². The van der Waals surface area contributed by atoms with Crippen LogP contribution in [0.5, 0.6) is 0 Å². The van der Waals surface area contributed by atoms with Crippen LogP contribution < -0.4 is 10.6 Å². The van der Waals surface area contributed by atoms with Crippen LogP contribution in [0.1, 0.15) is 88.0 Å². The molecule has 0 heterocycles. The molecule has 2 N–H and O–H groups in total. The monoisotopic (exact) mass is 326 g/mol.